The van der Waals surface area contributed by atoms with Gasteiger partial charge in [-0.1, -0.05) is 32.9 Å². The number of urea groups is 1. The van der Waals surface area contributed by atoms with E-state index in [0.717, 1.165) is 18.4 Å². The number of hydrogen-bond acceptors (Lipinski definition) is 2. The fourth-order valence-corrected chi connectivity index (χ4v) is 2.83. The SMILES string of the molecule is CN(C)C(=O)NC1CCN(C(=O)c2ccc(C(C)(C)C)cc2)CC1. The quantitative estimate of drug-likeness (QED) is 0.906. The van der Waals surface area contributed by atoms with Crippen LogP contribution in [0.1, 0.15) is 49.5 Å². The fraction of sp³-hybridized carbons (Fsp3) is 0.579. The van der Waals surface area contributed by atoms with E-state index in [9.17, 15) is 9.59 Å². The molecule has 1 aromatic carbocycles. The van der Waals surface area contributed by atoms with Crippen LogP contribution in [0, 0.1) is 0 Å². The summed E-state index contributed by atoms with van der Waals surface area (Å²) in [6.45, 7) is 7.85. The molecule has 5 nitrogen and oxygen atoms in total. The molecule has 132 valence electrons. The smallest absolute Gasteiger partial charge is 0.317 e. The predicted molar refractivity (Wildman–Crippen MR) is 96.3 cm³/mol. The first-order valence-corrected chi connectivity index (χ1v) is 8.56. The second kappa shape index (κ2) is 7.24. The van der Waals surface area contributed by atoms with Crippen LogP contribution in [0.25, 0.3) is 0 Å². The molecule has 1 heterocycles. The number of nitrogens with zero attached hydrogens (tertiary/aromatic N) is 2. The summed E-state index contributed by atoms with van der Waals surface area (Å²) >= 11 is 0. The maximum absolute atomic E-state index is 12.6. The highest BCUT2D eigenvalue weighted by Crippen LogP contribution is 2.23. The van der Waals surface area contributed by atoms with Gasteiger partial charge in [0.1, 0.15) is 0 Å². The summed E-state index contributed by atoms with van der Waals surface area (Å²) in [5.41, 5.74) is 2.05. The first-order valence-electron chi connectivity index (χ1n) is 8.56. The molecule has 3 amide bonds. The Bertz CT molecular complexity index is 580. The average molecular weight is 331 g/mol. The molecule has 1 aliphatic heterocycles. The summed E-state index contributed by atoms with van der Waals surface area (Å²) in [7, 11) is 3.46. The number of rotatable bonds is 2. The third-order valence-electron chi connectivity index (χ3n) is 4.51. The lowest BCUT2D eigenvalue weighted by Crippen LogP contribution is -2.48. The molecule has 0 atom stereocenters. The van der Waals surface area contributed by atoms with Crippen LogP contribution < -0.4 is 5.32 Å². The topological polar surface area (TPSA) is 52.7 Å². The molecule has 24 heavy (non-hydrogen) atoms. The molecule has 0 aromatic heterocycles. The zero-order chi connectivity index (χ0) is 17.9. The van der Waals surface area contributed by atoms with Gasteiger partial charge in [0.25, 0.3) is 5.91 Å². The molecule has 1 N–H and O–H groups in total. The number of amides is 3. The van der Waals surface area contributed by atoms with Gasteiger partial charge in [0.05, 0.1) is 0 Å². The van der Waals surface area contributed by atoms with E-state index in [-0.39, 0.29) is 23.4 Å². The van der Waals surface area contributed by atoms with Gasteiger partial charge in [-0.2, -0.15) is 0 Å². The minimum absolute atomic E-state index is 0.0717. The molecular weight excluding hydrogens is 302 g/mol. The molecule has 0 bridgehead atoms. The molecule has 0 unspecified atom stereocenters. The summed E-state index contributed by atoms with van der Waals surface area (Å²) in [5.74, 6) is 0.0767. The van der Waals surface area contributed by atoms with E-state index in [4.69, 9.17) is 0 Å². The fourth-order valence-electron chi connectivity index (χ4n) is 2.83. The van der Waals surface area contributed by atoms with Gasteiger partial charge in [0, 0.05) is 38.8 Å². The van der Waals surface area contributed by atoms with Crippen molar-refractivity contribution in [1.82, 2.24) is 15.1 Å². The first kappa shape index (κ1) is 18.3. The van der Waals surface area contributed by atoms with Gasteiger partial charge in [-0.05, 0) is 36.0 Å². The molecule has 0 radical (unpaired) electrons. The van der Waals surface area contributed by atoms with E-state index in [1.54, 1.807) is 14.1 Å². The Kier molecular flexibility index (Phi) is 5.52. The third kappa shape index (κ3) is 4.49. The Hall–Kier alpha value is -2.04. The number of benzene rings is 1. The summed E-state index contributed by atoms with van der Waals surface area (Å²) in [4.78, 5) is 27.7. The molecule has 5 heteroatoms. The third-order valence-corrected chi connectivity index (χ3v) is 4.51. The summed E-state index contributed by atoms with van der Waals surface area (Å²) in [6, 6.07) is 7.99. The van der Waals surface area contributed by atoms with Crippen molar-refractivity contribution in [3.05, 3.63) is 35.4 Å². The second-order valence-corrected chi connectivity index (χ2v) is 7.74. The van der Waals surface area contributed by atoms with E-state index in [0.29, 0.717) is 13.1 Å². The van der Waals surface area contributed by atoms with Gasteiger partial charge in [-0.15, -0.1) is 0 Å². The maximum Gasteiger partial charge on any atom is 0.317 e. The normalized spacial score (nSPS) is 16.0. The standard InChI is InChI=1S/C19H29N3O2/c1-19(2,3)15-8-6-14(7-9-15)17(23)22-12-10-16(11-13-22)20-18(24)21(4)5/h6-9,16H,10-13H2,1-5H3,(H,20,24). The molecule has 1 aromatic rings. The van der Waals surface area contributed by atoms with E-state index in [1.807, 2.05) is 29.2 Å². The highest BCUT2D eigenvalue weighted by molar-refractivity contribution is 5.94. The van der Waals surface area contributed by atoms with Crippen LogP contribution in [0.15, 0.2) is 24.3 Å². The minimum atomic E-state index is -0.0717. The summed E-state index contributed by atoms with van der Waals surface area (Å²) < 4.78 is 0. The Morgan fingerprint density at radius 2 is 1.62 bits per heavy atom. The molecule has 0 saturated carbocycles. The van der Waals surface area contributed by atoms with Gasteiger partial charge in [0.15, 0.2) is 0 Å². The number of nitrogens with one attached hydrogen (secondary N) is 1. The molecule has 1 aliphatic rings. The minimum Gasteiger partial charge on any atom is -0.338 e. The van der Waals surface area contributed by atoms with Crippen LogP contribution in [-0.4, -0.2) is 55.0 Å². The summed E-state index contributed by atoms with van der Waals surface area (Å²) in [6.07, 6.45) is 1.59. The first-order chi connectivity index (χ1) is 11.2. The van der Waals surface area contributed by atoms with Crippen LogP contribution >= 0.6 is 0 Å². The molecule has 0 spiro atoms. The molecule has 1 fully saturated rings. The zero-order valence-corrected chi connectivity index (χ0v) is 15.4. The number of likely N-dealkylation sites (tertiary alicyclic amines) is 1. The van der Waals surface area contributed by atoms with Gasteiger partial charge >= 0.3 is 6.03 Å². The van der Waals surface area contributed by atoms with E-state index in [2.05, 4.69) is 26.1 Å². The Labute approximate surface area is 145 Å². The van der Waals surface area contributed by atoms with Gasteiger partial charge in [0.2, 0.25) is 0 Å². The van der Waals surface area contributed by atoms with Crippen LogP contribution in [-0.2, 0) is 5.41 Å². The van der Waals surface area contributed by atoms with Crippen molar-refractivity contribution in [3.63, 3.8) is 0 Å². The van der Waals surface area contributed by atoms with Crippen LogP contribution in [0.4, 0.5) is 4.79 Å². The lowest BCUT2D eigenvalue weighted by Gasteiger charge is -2.33. The maximum atomic E-state index is 12.6. The van der Waals surface area contributed by atoms with Gasteiger partial charge < -0.3 is 15.1 Å². The summed E-state index contributed by atoms with van der Waals surface area (Å²) in [5, 5.41) is 2.99. The molecular formula is C19H29N3O2. The van der Waals surface area contributed by atoms with Crippen LogP contribution in [0.3, 0.4) is 0 Å². The van der Waals surface area contributed by atoms with Crippen molar-refractivity contribution < 1.29 is 9.59 Å². The van der Waals surface area contributed by atoms with Crippen LogP contribution in [0.2, 0.25) is 0 Å². The highest BCUT2D eigenvalue weighted by atomic mass is 16.2. The van der Waals surface area contributed by atoms with Crippen molar-refractivity contribution in [2.24, 2.45) is 0 Å². The van der Waals surface area contributed by atoms with Crippen molar-refractivity contribution in [3.8, 4) is 0 Å². The van der Waals surface area contributed by atoms with Gasteiger partial charge in [-0.3, -0.25) is 4.79 Å². The van der Waals surface area contributed by atoms with E-state index < -0.39 is 0 Å². The van der Waals surface area contributed by atoms with E-state index >= 15 is 0 Å². The number of carbonyl (C=O) groups is 2. The molecule has 1 saturated heterocycles. The van der Waals surface area contributed by atoms with Crippen LogP contribution in [0.5, 0.6) is 0 Å². The average Bonchev–Trinajstić information content (AvgIpc) is 2.54. The largest absolute Gasteiger partial charge is 0.338 e. The number of hydrogen-bond donors (Lipinski definition) is 1. The second-order valence-electron chi connectivity index (χ2n) is 7.74. The number of carbonyl (C=O) groups excluding carboxylic acids is 2. The molecule has 0 aliphatic carbocycles. The number of piperidine rings is 1. The Morgan fingerprint density at radius 3 is 2.08 bits per heavy atom. The lowest BCUT2D eigenvalue weighted by molar-refractivity contribution is 0.0707. The Morgan fingerprint density at radius 1 is 1.08 bits per heavy atom. The molecule has 2 rings (SSSR count). The van der Waals surface area contributed by atoms with Crippen molar-refractivity contribution in [2.45, 2.75) is 45.1 Å². The zero-order valence-electron chi connectivity index (χ0n) is 15.4. The van der Waals surface area contributed by atoms with Gasteiger partial charge in [-0.25, -0.2) is 4.79 Å². The van der Waals surface area contributed by atoms with Crippen molar-refractivity contribution in [1.29, 1.82) is 0 Å². The van der Waals surface area contributed by atoms with E-state index in [1.165, 1.54) is 10.5 Å². The van der Waals surface area contributed by atoms with Crippen molar-refractivity contribution in [2.75, 3.05) is 27.2 Å². The lowest BCUT2D eigenvalue weighted by atomic mass is 9.86. The monoisotopic (exact) mass is 331 g/mol. The Balaban J connectivity index is 1.92. The predicted octanol–water partition coefficient (Wildman–Crippen LogP) is 2.86. The van der Waals surface area contributed by atoms with Crippen molar-refractivity contribution >= 4 is 11.9 Å². The highest BCUT2D eigenvalue weighted by Gasteiger charge is 2.25.